The summed E-state index contributed by atoms with van der Waals surface area (Å²) >= 11 is 0. The molecule has 0 bridgehead atoms. The number of hydrogen-bond acceptors (Lipinski definition) is 3. The molecule has 3 unspecified atom stereocenters. The van der Waals surface area contributed by atoms with Crippen molar-refractivity contribution in [3.63, 3.8) is 0 Å². The third-order valence-electron chi connectivity index (χ3n) is 4.59. The van der Waals surface area contributed by atoms with Gasteiger partial charge in [-0.15, -0.1) is 0 Å². The Morgan fingerprint density at radius 2 is 1.90 bits per heavy atom. The van der Waals surface area contributed by atoms with Crippen molar-refractivity contribution in [3.8, 4) is 0 Å². The van der Waals surface area contributed by atoms with Crippen LogP contribution in [0.4, 0.5) is 0 Å². The van der Waals surface area contributed by atoms with Crippen LogP contribution < -0.4 is 0 Å². The molecule has 0 saturated carbocycles. The second kappa shape index (κ2) is 7.92. The Hall–Kier alpha value is -0.900. The molecular weight excluding hydrogens is 260 g/mol. The summed E-state index contributed by atoms with van der Waals surface area (Å²) in [5, 5.41) is 9.50. The Labute approximate surface area is 129 Å². The van der Waals surface area contributed by atoms with Gasteiger partial charge in [-0.05, 0) is 38.3 Å². The van der Waals surface area contributed by atoms with Gasteiger partial charge in [0.05, 0.1) is 6.10 Å². The molecule has 1 aliphatic heterocycles. The lowest BCUT2D eigenvalue weighted by atomic mass is 9.97. The van der Waals surface area contributed by atoms with Crippen LogP contribution in [0.2, 0.25) is 0 Å². The maximum atomic E-state index is 9.50. The fraction of sp³-hybridized carbons (Fsp3) is 0.667. The smallest absolute Gasteiger partial charge is 0.0639 e. The lowest BCUT2D eigenvalue weighted by Crippen LogP contribution is -2.53. The van der Waals surface area contributed by atoms with Gasteiger partial charge in [0.15, 0.2) is 0 Å². The number of piperazine rings is 1. The molecule has 21 heavy (non-hydrogen) atoms. The van der Waals surface area contributed by atoms with Gasteiger partial charge in [-0.3, -0.25) is 9.80 Å². The summed E-state index contributed by atoms with van der Waals surface area (Å²) in [5.74, 6) is 0.619. The molecule has 0 aromatic heterocycles. The van der Waals surface area contributed by atoms with Crippen LogP contribution in [0.3, 0.4) is 0 Å². The summed E-state index contributed by atoms with van der Waals surface area (Å²) in [6.45, 7) is 11.7. The number of rotatable bonds is 6. The van der Waals surface area contributed by atoms with Crippen LogP contribution in [0, 0.1) is 0 Å². The Kier molecular flexibility index (Phi) is 6.22. The number of aliphatic hydroxyl groups is 1. The summed E-state index contributed by atoms with van der Waals surface area (Å²) in [6, 6.07) is 11.4. The molecule has 0 radical (unpaired) electrons. The molecule has 1 fully saturated rings. The van der Waals surface area contributed by atoms with E-state index in [0.717, 1.165) is 26.2 Å². The molecule has 118 valence electrons. The van der Waals surface area contributed by atoms with Crippen LogP contribution >= 0.6 is 0 Å². The van der Waals surface area contributed by atoms with Gasteiger partial charge in [0.2, 0.25) is 0 Å². The van der Waals surface area contributed by atoms with E-state index in [1.807, 2.05) is 6.92 Å². The van der Waals surface area contributed by atoms with Crippen LogP contribution in [-0.2, 0) is 0 Å². The minimum atomic E-state index is -0.221. The van der Waals surface area contributed by atoms with E-state index in [1.54, 1.807) is 0 Å². The number of benzene rings is 1. The first-order valence-electron chi connectivity index (χ1n) is 8.25. The van der Waals surface area contributed by atoms with E-state index in [0.29, 0.717) is 12.0 Å². The highest BCUT2D eigenvalue weighted by Gasteiger charge is 2.24. The lowest BCUT2D eigenvalue weighted by molar-refractivity contribution is 0.0499. The summed E-state index contributed by atoms with van der Waals surface area (Å²) in [4.78, 5) is 4.98. The highest BCUT2D eigenvalue weighted by molar-refractivity contribution is 5.18. The van der Waals surface area contributed by atoms with Crippen molar-refractivity contribution in [2.45, 2.75) is 45.3 Å². The second-order valence-electron chi connectivity index (χ2n) is 6.59. The molecule has 3 atom stereocenters. The average Bonchev–Trinajstić information content (AvgIpc) is 2.46. The van der Waals surface area contributed by atoms with E-state index in [-0.39, 0.29) is 6.10 Å². The lowest BCUT2D eigenvalue weighted by Gasteiger charge is -2.40. The van der Waals surface area contributed by atoms with Crippen LogP contribution in [0.5, 0.6) is 0 Å². The fourth-order valence-electron chi connectivity index (χ4n) is 3.25. The standard InChI is InChI=1S/C18H30N2O/c1-15(18-7-5-4-6-8-18)9-10-20-12-11-19(13-16(20)2)14-17(3)21/h4-8,15-17,21H,9-14H2,1-3H3. The zero-order valence-corrected chi connectivity index (χ0v) is 13.7. The molecule has 1 heterocycles. The van der Waals surface area contributed by atoms with Crippen molar-refractivity contribution in [2.75, 3.05) is 32.7 Å². The van der Waals surface area contributed by atoms with Gasteiger partial charge < -0.3 is 5.11 Å². The summed E-state index contributed by atoms with van der Waals surface area (Å²) < 4.78 is 0. The summed E-state index contributed by atoms with van der Waals surface area (Å²) in [6.07, 6.45) is 0.993. The topological polar surface area (TPSA) is 26.7 Å². The monoisotopic (exact) mass is 290 g/mol. The Bertz CT molecular complexity index is 407. The maximum absolute atomic E-state index is 9.50. The van der Waals surface area contributed by atoms with E-state index >= 15 is 0 Å². The van der Waals surface area contributed by atoms with E-state index in [4.69, 9.17) is 0 Å². The van der Waals surface area contributed by atoms with Crippen LogP contribution in [0.15, 0.2) is 30.3 Å². The average molecular weight is 290 g/mol. The minimum absolute atomic E-state index is 0.221. The van der Waals surface area contributed by atoms with Gasteiger partial charge in [-0.2, -0.15) is 0 Å². The molecule has 1 saturated heterocycles. The SMILES string of the molecule is CC(O)CN1CCN(CCC(C)c2ccccc2)C(C)C1. The zero-order valence-electron chi connectivity index (χ0n) is 13.7. The maximum Gasteiger partial charge on any atom is 0.0639 e. The van der Waals surface area contributed by atoms with E-state index in [2.05, 4.69) is 54.0 Å². The number of β-amino-alcohol motifs (C(OH)–C–C–N with tert-alkyl or cyclic N) is 1. The van der Waals surface area contributed by atoms with Gasteiger partial charge in [-0.25, -0.2) is 0 Å². The predicted octanol–water partition coefficient (Wildman–Crippen LogP) is 2.57. The first-order chi connectivity index (χ1) is 10.1. The predicted molar refractivity (Wildman–Crippen MR) is 88.6 cm³/mol. The largest absolute Gasteiger partial charge is 0.392 e. The second-order valence-corrected chi connectivity index (χ2v) is 6.59. The molecule has 3 nitrogen and oxygen atoms in total. The van der Waals surface area contributed by atoms with E-state index < -0.39 is 0 Å². The minimum Gasteiger partial charge on any atom is -0.392 e. The van der Waals surface area contributed by atoms with Crippen LogP contribution in [0.25, 0.3) is 0 Å². The van der Waals surface area contributed by atoms with Gasteiger partial charge in [0, 0.05) is 32.2 Å². The molecule has 1 aromatic carbocycles. The van der Waals surface area contributed by atoms with Crippen LogP contribution in [-0.4, -0.2) is 59.8 Å². The Morgan fingerprint density at radius 3 is 2.52 bits per heavy atom. The molecule has 0 amide bonds. The number of hydrogen-bond donors (Lipinski definition) is 1. The normalized spacial score (nSPS) is 23.9. The zero-order chi connectivity index (χ0) is 15.2. The van der Waals surface area contributed by atoms with E-state index in [1.165, 1.54) is 18.5 Å². The molecule has 0 aliphatic carbocycles. The summed E-state index contributed by atoms with van der Waals surface area (Å²) in [5.41, 5.74) is 1.44. The van der Waals surface area contributed by atoms with Crippen molar-refractivity contribution in [3.05, 3.63) is 35.9 Å². The van der Waals surface area contributed by atoms with Crippen LogP contribution in [0.1, 0.15) is 38.7 Å². The first kappa shape index (κ1) is 16.5. The molecule has 0 spiro atoms. The van der Waals surface area contributed by atoms with Gasteiger partial charge >= 0.3 is 0 Å². The number of nitrogens with zero attached hydrogens (tertiary/aromatic N) is 2. The van der Waals surface area contributed by atoms with Crippen molar-refractivity contribution < 1.29 is 5.11 Å². The van der Waals surface area contributed by atoms with Gasteiger partial charge in [0.25, 0.3) is 0 Å². The third-order valence-corrected chi connectivity index (χ3v) is 4.59. The van der Waals surface area contributed by atoms with Crippen molar-refractivity contribution in [2.24, 2.45) is 0 Å². The van der Waals surface area contributed by atoms with Gasteiger partial charge in [0.1, 0.15) is 0 Å². The number of aliphatic hydroxyl groups excluding tert-OH is 1. The highest BCUT2D eigenvalue weighted by Crippen LogP contribution is 2.20. The van der Waals surface area contributed by atoms with Crippen molar-refractivity contribution in [1.82, 2.24) is 9.80 Å². The quantitative estimate of drug-likeness (QED) is 0.872. The van der Waals surface area contributed by atoms with Crippen molar-refractivity contribution >= 4 is 0 Å². The highest BCUT2D eigenvalue weighted by atomic mass is 16.3. The van der Waals surface area contributed by atoms with Gasteiger partial charge in [-0.1, -0.05) is 37.3 Å². The Morgan fingerprint density at radius 1 is 1.19 bits per heavy atom. The summed E-state index contributed by atoms with van der Waals surface area (Å²) in [7, 11) is 0. The Balaban J connectivity index is 1.77. The fourth-order valence-corrected chi connectivity index (χ4v) is 3.25. The molecule has 2 rings (SSSR count). The van der Waals surface area contributed by atoms with Crippen molar-refractivity contribution in [1.29, 1.82) is 0 Å². The molecular formula is C18H30N2O. The third kappa shape index (κ3) is 5.10. The molecule has 1 aromatic rings. The first-order valence-corrected chi connectivity index (χ1v) is 8.25. The molecule has 1 N–H and O–H groups in total. The van der Waals surface area contributed by atoms with E-state index in [9.17, 15) is 5.11 Å². The molecule has 1 aliphatic rings. The molecule has 3 heteroatoms.